The zero-order valence-electron chi connectivity index (χ0n) is 5.65. The molecule has 0 aromatic carbocycles. The van der Waals surface area contributed by atoms with Crippen LogP contribution in [0.15, 0.2) is 10.6 Å². The molecule has 0 rings (SSSR count). The smallest absolute Gasteiger partial charge is 0.0392 e. The molecule has 0 aliphatic heterocycles. The van der Waals surface area contributed by atoms with Gasteiger partial charge in [-0.25, -0.2) is 0 Å². The molecule has 2 N–H and O–H groups in total. The zero-order valence-corrected chi connectivity index (χ0v) is 7.98. The molecular weight excluding hydrogens is 189 g/mol. The summed E-state index contributed by atoms with van der Waals surface area (Å²) in [4.78, 5) is 0. The Morgan fingerprint density at radius 3 is 2.80 bits per heavy atom. The van der Waals surface area contributed by atoms with Crippen molar-refractivity contribution in [1.82, 2.24) is 0 Å². The number of halogens is 2. The molecule has 0 aromatic heterocycles. The van der Waals surface area contributed by atoms with E-state index in [2.05, 4.69) is 0 Å². The lowest BCUT2D eigenvalue weighted by molar-refractivity contribution is 0.944. The van der Waals surface area contributed by atoms with Crippen molar-refractivity contribution in [3.8, 4) is 0 Å². The van der Waals surface area contributed by atoms with Gasteiger partial charge in [-0.15, -0.1) is 0 Å². The van der Waals surface area contributed by atoms with Crippen LogP contribution in [-0.4, -0.2) is 18.1 Å². The molecule has 0 aliphatic rings. The lowest BCUT2D eigenvalue weighted by atomic mass is 10.5. The average molecular weight is 200 g/mol. The van der Waals surface area contributed by atoms with Crippen LogP contribution < -0.4 is 5.73 Å². The van der Waals surface area contributed by atoms with Gasteiger partial charge in [-0.3, -0.25) is 0 Å². The van der Waals surface area contributed by atoms with Gasteiger partial charge in [-0.1, -0.05) is 23.2 Å². The van der Waals surface area contributed by atoms with Crippen LogP contribution in [0.3, 0.4) is 0 Å². The Hall–Kier alpha value is 0.630. The minimum absolute atomic E-state index is 0.698. The molecule has 0 bridgehead atoms. The Morgan fingerprint density at radius 1 is 1.60 bits per heavy atom. The van der Waals surface area contributed by atoms with Gasteiger partial charge >= 0.3 is 0 Å². The number of rotatable bonds is 5. The number of thioether (sulfide) groups is 1. The van der Waals surface area contributed by atoms with Gasteiger partial charge < -0.3 is 5.73 Å². The summed E-state index contributed by atoms with van der Waals surface area (Å²) < 4.78 is 0. The van der Waals surface area contributed by atoms with Crippen LogP contribution in [0.1, 0.15) is 6.42 Å². The van der Waals surface area contributed by atoms with Crippen LogP contribution in [0.25, 0.3) is 0 Å². The second-order valence-electron chi connectivity index (χ2n) is 1.75. The SMILES string of the molecule is NCCCSCC(Cl)=CCl. The van der Waals surface area contributed by atoms with Crippen molar-refractivity contribution < 1.29 is 0 Å². The molecule has 0 aliphatic carbocycles. The summed E-state index contributed by atoms with van der Waals surface area (Å²) in [7, 11) is 0. The minimum atomic E-state index is 0.698. The maximum atomic E-state index is 5.62. The van der Waals surface area contributed by atoms with E-state index in [0.717, 1.165) is 24.5 Å². The van der Waals surface area contributed by atoms with Gasteiger partial charge in [-0.2, -0.15) is 11.8 Å². The number of nitrogens with two attached hydrogens (primary N) is 1. The molecule has 0 saturated heterocycles. The van der Waals surface area contributed by atoms with Crippen LogP contribution in [0.4, 0.5) is 0 Å². The van der Waals surface area contributed by atoms with Crippen LogP contribution in [-0.2, 0) is 0 Å². The predicted octanol–water partition coefficient (Wildman–Crippen LogP) is 2.39. The highest BCUT2D eigenvalue weighted by atomic mass is 35.5. The maximum absolute atomic E-state index is 5.62. The molecule has 4 heteroatoms. The van der Waals surface area contributed by atoms with E-state index in [-0.39, 0.29) is 0 Å². The van der Waals surface area contributed by atoms with E-state index >= 15 is 0 Å². The quantitative estimate of drug-likeness (QED) is 0.689. The summed E-state index contributed by atoms with van der Waals surface area (Å²) in [6.45, 7) is 0.745. The van der Waals surface area contributed by atoms with Gasteiger partial charge in [-0.05, 0) is 18.7 Å². The van der Waals surface area contributed by atoms with Crippen molar-refractivity contribution in [3.63, 3.8) is 0 Å². The van der Waals surface area contributed by atoms with Gasteiger partial charge in [0.25, 0.3) is 0 Å². The van der Waals surface area contributed by atoms with Crippen molar-refractivity contribution in [3.05, 3.63) is 10.6 Å². The Kier molecular flexibility index (Phi) is 8.22. The molecule has 0 spiro atoms. The van der Waals surface area contributed by atoms with E-state index in [0.29, 0.717) is 5.03 Å². The van der Waals surface area contributed by atoms with Gasteiger partial charge in [0.15, 0.2) is 0 Å². The Labute approximate surface area is 75.9 Å². The largest absolute Gasteiger partial charge is 0.330 e. The summed E-state index contributed by atoms with van der Waals surface area (Å²) in [5, 5.41) is 0.698. The fraction of sp³-hybridized carbons (Fsp3) is 0.667. The fourth-order valence-corrected chi connectivity index (χ4v) is 1.58. The third-order valence-corrected chi connectivity index (χ3v) is 2.72. The van der Waals surface area contributed by atoms with Crippen molar-refractivity contribution in [2.75, 3.05) is 18.1 Å². The average Bonchev–Trinajstić information content (AvgIpc) is 1.98. The zero-order chi connectivity index (χ0) is 7.82. The van der Waals surface area contributed by atoms with Crippen LogP contribution >= 0.6 is 35.0 Å². The van der Waals surface area contributed by atoms with Gasteiger partial charge in [0.2, 0.25) is 0 Å². The Bertz CT molecular complexity index is 106. The molecule has 0 atom stereocenters. The molecular formula is C6H11Cl2NS. The lowest BCUT2D eigenvalue weighted by Gasteiger charge is -1.96. The molecule has 0 amide bonds. The highest BCUT2D eigenvalue weighted by molar-refractivity contribution is 7.99. The van der Waals surface area contributed by atoms with Crippen LogP contribution in [0, 0.1) is 0 Å². The fourth-order valence-electron chi connectivity index (χ4n) is 0.387. The second kappa shape index (κ2) is 7.73. The molecule has 0 saturated carbocycles. The molecule has 0 heterocycles. The van der Waals surface area contributed by atoms with Crippen molar-refractivity contribution in [2.24, 2.45) is 5.73 Å². The first-order valence-electron chi connectivity index (χ1n) is 3.04. The van der Waals surface area contributed by atoms with E-state index < -0.39 is 0 Å². The Balaban J connectivity index is 3.04. The summed E-state index contributed by atoms with van der Waals surface area (Å²) in [6, 6.07) is 0. The van der Waals surface area contributed by atoms with Crippen LogP contribution in [0.5, 0.6) is 0 Å². The minimum Gasteiger partial charge on any atom is -0.330 e. The standard InChI is InChI=1S/C6H11Cl2NS/c7-4-6(8)5-10-3-1-2-9/h4H,1-3,5,9H2. The van der Waals surface area contributed by atoms with E-state index in [4.69, 9.17) is 28.9 Å². The van der Waals surface area contributed by atoms with Gasteiger partial charge in [0, 0.05) is 16.3 Å². The lowest BCUT2D eigenvalue weighted by Crippen LogP contribution is -1.99. The van der Waals surface area contributed by atoms with E-state index in [1.807, 2.05) is 0 Å². The third-order valence-electron chi connectivity index (χ3n) is 0.851. The molecule has 60 valence electrons. The van der Waals surface area contributed by atoms with Gasteiger partial charge in [0.05, 0.1) is 0 Å². The van der Waals surface area contributed by atoms with Crippen molar-refractivity contribution in [1.29, 1.82) is 0 Å². The summed E-state index contributed by atoms with van der Waals surface area (Å²) in [5.74, 6) is 1.85. The third kappa shape index (κ3) is 6.75. The van der Waals surface area contributed by atoms with Crippen molar-refractivity contribution >= 4 is 35.0 Å². The summed E-state index contributed by atoms with van der Waals surface area (Å²) >= 11 is 12.7. The van der Waals surface area contributed by atoms with Crippen LogP contribution in [0.2, 0.25) is 0 Å². The molecule has 1 nitrogen and oxygen atoms in total. The van der Waals surface area contributed by atoms with E-state index in [1.165, 1.54) is 5.54 Å². The Morgan fingerprint density at radius 2 is 2.30 bits per heavy atom. The first-order chi connectivity index (χ1) is 4.81. The molecule has 10 heavy (non-hydrogen) atoms. The highest BCUT2D eigenvalue weighted by Crippen LogP contribution is 2.12. The predicted molar refractivity (Wildman–Crippen MR) is 50.8 cm³/mol. The summed E-state index contributed by atoms with van der Waals surface area (Å²) in [6.07, 6.45) is 1.04. The normalized spacial score (nSPS) is 12.1. The number of hydrogen-bond acceptors (Lipinski definition) is 2. The second-order valence-corrected chi connectivity index (χ2v) is 3.56. The topological polar surface area (TPSA) is 26.0 Å². The van der Waals surface area contributed by atoms with Gasteiger partial charge in [0.1, 0.15) is 0 Å². The van der Waals surface area contributed by atoms with Crippen molar-refractivity contribution in [2.45, 2.75) is 6.42 Å². The maximum Gasteiger partial charge on any atom is 0.0392 e. The van der Waals surface area contributed by atoms with E-state index in [1.54, 1.807) is 11.8 Å². The highest BCUT2D eigenvalue weighted by Gasteiger charge is 1.91. The molecule has 0 aromatic rings. The monoisotopic (exact) mass is 199 g/mol. The molecule has 0 radical (unpaired) electrons. The first-order valence-corrected chi connectivity index (χ1v) is 5.00. The number of hydrogen-bond donors (Lipinski definition) is 1. The first kappa shape index (κ1) is 10.6. The molecule has 0 fully saturated rings. The summed E-state index contributed by atoms with van der Waals surface area (Å²) in [5.41, 5.74) is 6.69. The van der Waals surface area contributed by atoms with E-state index in [9.17, 15) is 0 Å². The molecule has 0 unspecified atom stereocenters.